The van der Waals surface area contributed by atoms with Gasteiger partial charge in [0.25, 0.3) is 0 Å². The van der Waals surface area contributed by atoms with E-state index in [1.54, 1.807) is 6.92 Å². The molecule has 0 saturated carbocycles. The molecule has 0 saturated heterocycles. The van der Waals surface area contributed by atoms with Gasteiger partial charge in [0.2, 0.25) is 0 Å². The molecule has 0 fully saturated rings. The Balaban J connectivity index is 2.55. The molecule has 0 aromatic carbocycles. The number of carbonyl (C=O) groups is 1. The van der Waals surface area contributed by atoms with E-state index in [0.29, 0.717) is 25.7 Å². The minimum atomic E-state index is -0.847. The first-order chi connectivity index (χ1) is 23.2. The normalized spacial score (nSPS) is 25.7. The number of aliphatic hydroxyl groups excluding tert-OH is 1. The third-order valence-electron chi connectivity index (χ3n) is 11.3. The van der Waals surface area contributed by atoms with Crippen LogP contribution in [0.5, 0.6) is 0 Å². The van der Waals surface area contributed by atoms with Crippen molar-refractivity contribution in [2.45, 2.75) is 188 Å². The Hall–Kier alpha value is -2.21. The van der Waals surface area contributed by atoms with Crippen molar-refractivity contribution in [3.8, 4) is 0 Å². The summed E-state index contributed by atoms with van der Waals surface area (Å²) in [6.07, 6.45) is 29.8. The quantitative estimate of drug-likeness (QED) is 0.0738. The van der Waals surface area contributed by atoms with Crippen LogP contribution in [0.3, 0.4) is 0 Å². The van der Waals surface area contributed by atoms with Gasteiger partial charge in [-0.05, 0) is 135 Å². The molecule has 0 radical (unpaired) electrons. The summed E-state index contributed by atoms with van der Waals surface area (Å²) < 4.78 is 7.57. The first kappa shape index (κ1) is 43.0. The van der Waals surface area contributed by atoms with Gasteiger partial charge in [-0.2, -0.15) is 0 Å². The molecule has 1 heterocycles. The second-order valence-corrected chi connectivity index (χ2v) is 15.6. The van der Waals surface area contributed by atoms with E-state index >= 15 is 0 Å². The van der Waals surface area contributed by atoms with E-state index in [-0.39, 0.29) is 5.92 Å². The lowest BCUT2D eigenvalue weighted by Crippen LogP contribution is -2.54. The maximum atomic E-state index is 11.3. The first-order valence-corrected chi connectivity index (χ1v) is 19.5. The molecule has 0 bridgehead atoms. The van der Waals surface area contributed by atoms with E-state index in [4.69, 9.17) is 4.74 Å². The Kier molecular flexibility index (Phi) is 18.1. The maximum Gasteiger partial charge on any atom is 0.306 e. The molecule has 3 N–H and O–H groups in total. The Morgan fingerprint density at radius 1 is 1.06 bits per heavy atom. The number of rotatable bonds is 23. The molecule has 49 heavy (non-hydrogen) atoms. The highest BCUT2D eigenvalue weighted by molar-refractivity contribution is 5.69. The molecule has 0 spiro atoms. The third-order valence-corrected chi connectivity index (χ3v) is 11.3. The Morgan fingerprint density at radius 2 is 1.76 bits per heavy atom. The van der Waals surface area contributed by atoms with E-state index in [1.165, 1.54) is 36.8 Å². The van der Waals surface area contributed by atoms with Gasteiger partial charge in [0.05, 0.1) is 23.2 Å². The first-order valence-electron chi connectivity index (χ1n) is 19.5. The number of unbranched alkanes of at least 4 members (excludes halogenated alkanes) is 4. The lowest BCUT2D eigenvalue weighted by molar-refractivity contribution is -0.141. The van der Waals surface area contributed by atoms with Crippen LogP contribution in [-0.2, 0) is 9.53 Å². The number of aliphatic hydroxyl groups is 2. The van der Waals surface area contributed by atoms with E-state index < -0.39 is 34.8 Å². The van der Waals surface area contributed by atoms with Gasteiger partial charge in [0.1, 0.15) is 5.60 Å². The number of fused-ring (bicyclic) bond motifs is 1. The summed E-state index contributed by atoms with van der Waals surface area (Å²) in [7, 11) is 0. The molecule has 278 valence electrons. The standard InChI is InChI=1S/C44H72O5/c1-10-13-15-16-18-26-39(37(24-17-14-11-2)25-21-29-42(8,48)28-20-23-34(5)41(46)47)44-36(7)35(6)40(45)32-38(44)27-31-43(9,49-44)30-19-22-33(4)12-3/h11,14,22,24,27,31-32,34,39-40,45,48H,10,12-13,15-21,23,25-26,28-30H2,1-9H3,(H,46,47)/b14-11-,33-22-,37-24-. The van der Waals surface area contributed by atoms with E-state index in [1.807, 2.05) is 13.0 Å². The molecule has 2 aliphatic rings. The lowest BCUT2D eigenvalue weighted by atomic mass is 9.63. The van der Waals surface area contributed by atoms with Crippen molar-refractivity contribution in [3.05, 3.63) is 70.4 Å². The predicted octanol–water partition coefficient (Wildman–Crippen LogP) is 11.5. The minimum absolute atomic E-state index is 0.0895. The molecule has 6 atom stereocenters. The van der Waals surface area contributed by atoms with Crippen molar-refractivity contribution in [2.75, 3.05) is 0 Å². The molecule has 5 nitrogen and oxygen atoms in total. The molecule has 6 unspecified atom stereocenters. The number of hydrogen-bond donors (Lipinski definition) is 3. The van der Waals surface area contributed by atoms with Gasteiger partial charge < -0.3 is 20.1 Å². The summed E-state index contributed by atoms with van der Waals surface area (Å²) in [4.78, 5) is 11.3. The Morgan fingerprint density at radius 3 is 2.41 bits per heavy atom. The van der Waals surface area contributed by atoms with Crippen molar-refractivity contribution in [2.24, 2.45) is 11.8 Å². The zero-order valence-electron chi connectivity index (χ0n) is 32.7. The largest absolute Gasteiger partial charge is 0.481 e. The van der Waals surface area contributed by atoms with Gasteiger partial charge in [0, 0.05) is 5.92 Å². The fraction of sp³-hybridized carbons (Fsp3) is 0.705. The molecule has 0 aromatic rings. The topological polar surface area (TPSA) is 87.0 Å². The summed E-state index contributed by atoms with van der Waals surface area (Å²) in [5.74, 6) is -1.08. The minimum Gasteiger partial charge on any atom is -0.481 e. The van der Waals surface area contributed by atoms with Gasteiger partial charge in [-0.15, -0.1) is 0 Å². The van der Waals surface area contributed by atoms with Crippen molar-refractivity contribution >= 4 is 5.97 Å². The van der Waals surface area contributed by atoms with E-state index in [9.17, 15) is 20.1 Å². The summed E-state index contributed by atoms with van der Waals surface area (Å²) in [6.45, 7) is 18.8. The Bertz CT molecular complexity index is 1230. The fourth-order valence-corrected chi connectivity index (χ4v) is 7.64. The summed E-state index contributed by atoms with van der Waals surface area (Å²) in [5.41, 5.74) is 3.95. The SMILES string of the molecule is C/C=C\C/C=C(/CCCC(C)(O)CCCC(C)C(=O)O)C(CCCCCCC)C12OC(C)(CC/C=C(/C)CC)C=CC1=CC(O)C(C)=C2C. The van der Waals surface area contributed by atoms with Crippen LogP contribution >= 0.6 is 0 Å². The van der Waals surface area contributed by atoms with E-state index in [0.717, 1.165) is 68.1 Å². The van der Waals surface area contributed by atoms with E-state index in [2.05, 4.69) is 84.9 Å². The van der Waals surface area contributed by atoms with Crippen molar-refractivity contribution in [1.29, 1.82) is 0 Å². The van der Waals surface area contributed by atoms with Crippen LogP contribution in [0.1, 0.15) is 165 Å². The molecule has 5 heteroatoms. The van der Waals surface area contributed by atoms with Gasteiger partial charge in [-0.1, -0.05) is 100 Å². The maximum absolute atomic E-state index is 11.3. The number of aliphatic carboxylic acids is 1. The van der Waals surface area contributed by atoms with Crippen molar-refractivity contribution < 1.29 is 24.9 Å². The van der Waals surface area contributed by atoms with Gasteiger partial charge in [-0.25, -0.2) is 0 Å². The van der Waals surface area contributed by atoms with Gasteiger partial charge >= 0.3 is 5.97 Å². The zero-order valence-corrected chi connectivity index (χ0v) is 32.7. The molecular formula is C44H72O5. The highest BCUT2D eigenvalue weighted by atomic mass is 16.5. The molecule has 1 aliphatic heterocycles. The number of ether oxygens (including phenoxy) is 1. The monoisotopic (exact) mass is 681 g/mol. The molecule has 0 aromatic heterocycles. The number of carboxylic acids is 1. The van der Waals surface area contributed by atoms with Crippen LogP contribution in [0, 0.1) is 11.8 Å². The Labute approximate surface area is 300 Å². The van der Waals surface area contributed by atoms with Crippen molar-refractivity contribution in [3.63, 3.8) is 0 Å². The van der Waals surface area contributed by atoms with Crippen molar-refractivity contribution in [1.82, 2.24) is 0 Å². The van der Waals surface area contributed by atoms with Crippen LogP contribution in [0.4, 0.5) is 0 Å². The summed E-state index contributed by atoms with van der Waals surface area (Å²) in [5, 5.41) is 31.8. The zero-order chi connectivity index (χ0) is 36.7. The smallest absolute Gasteiger partial charge is 0.306 e. The predicted molar refractivity (Wildman–Crippen MR) is 207 cm³/mol. The molecular weight excluding hydrogens is 608 g/mol. The second-order valence-electron chi connectivity index (χ2n) is 15.6. The van der Waals surface area contributed by atoms with Crippen LogP contribution in [-0.4, -0.2) is 44.2 Å². The summed E-state index contributed by atoms with van der Waals surface area (Å²) >= 11 is 0. The fourth-order valence-electron chi connectivity index (χ4n) is 7.64. The molecule has 1 aliphatic carbocycles. The van der Waals surface area contributed by atoms with Crippen LogP contribution in [0.25, 0.3) is 0 Å². The van der Waals surface area contributed by atoms with Gasteiger partial charge in [0.15, 0.2) is 0 Å². The highest BCUT2D eigenvalue weighted by Gasteiger charge is 2.53. The number of allylic oxidation sites excluding steroid dienone is 5. The van der Waals surface area contributed by atoms with Crippen LogP contribution in [0.2, 0.25) is 0 Å². The van der Waals surface area contributed by atoms with Crippen LogP contribution in [0.15, 0.2) is 70.4 Å². The molecule has 2 rings (SSSR count). The highest BCUT2D eigenvalue weighted by Crippen LogP contribution is 2.53. The average Bonchev–Trinajstić information content (AvgIpc) is 3.05. The number of hydrogen-bond acceptors (Lipinski definition) is 4. The van der Waals surface area contributed by atoms with Crippen LogP contribution < -0.4 is 0 Å². The second kappa shape index (κ2) is 20.6. The lowest BCUT2D eigenvalue weighted by Gasteiger charge is -2.53. The summed E-state index contributed by atoms with van der Waals surface area (Å²) in [6, 6.07) is 0. The molecule has 0 amide bonds. The van der Waals surface area contributed by atoms with Gasteiger partial charge in [-0.3, -0.25) is 4.79 Å². The number of carboxylic acid groups (broad SMARTS) is 1. The average molecular weight is 681 g/mol. The third kappa shape index (κ3) is 12.8.